The zero-order valence-corrected chi connectivity index (χ0v) is 11.8. The number of carboxylic acids is 1. The Balaban J connectivity index is 1.97. The maximum absolute atomic E-state index is 10.7. The Morgan fingerprint density at radius 1 is 1.37 bits per heavy atom. The molecule has 0 spiro atoms. The highest BCUT2D eigenvalue weighted by atomic mass is 35.5. The molecule has 2 aromatic rings. The van der Waals surface area contributed by atoms with Gasteiger partial charge in [-0.3, -0.25) is 4.90 Å². The zero-order valence-electron chi connectivity index (χ0n) is 10.2. The van der Waals surface area contributed by atoms with Crippen molar-refractivity contribution < 1.29 is 9.90 Å². The lowest BCUT2D eigenvalue weighted by atomic mass is 10.1. The standard InChI is InChI=1S/C12H12ClN3O2S/c1-16(7-10-11(13)19-15-14-10)6-8-2-4-9(5-3-8)12(17)18/h2-5H,6-7H2,1H3,(H,17,18). The van der Waals surface area contributed by atoms with Crippen molar-refractivity contribution in [3.05, 3.63) is 45.4 Å². The minimum Gasteiger partial charge on any atom is -0.478 e. The van der Waals surface area contributed by atoms with Crippen LogP contribution in [0.1, 0.15) is 21.6 Å². The van der Waals surface area contributed by atoms with Crippen LogP contribution in [0, 0.1) is 0 Å². The summed E-state index contributed by atoms with van der Waals surface area (Å²) in [4.78, 5) is 12.8. The van der Waals surface area contributed by atoms with Gasteiger partial charge in [0, 0.05) is 24.6 Å². The van der Waals surface area contributed by atoms with Crippen LogP contribution in [0.3, 0.4) is 0 Å². The Morgan fingerprint density at radius 2 is 2.05 bits per heavy atom. The van der Waals surface area contributed by atoms with Crippen molar-refractivity contribution in [2.45, 2.75) is 13.1 Å². The Labute approximate surface area is 119 Å². The molecule has 2 rings (SSSR count). The predicted octanol–water partition coefficient (Wildman–Crippen LogP) is 2.52. The highest BCUT2D eigenvalue weighted by molar-refractivity contribution is 7.10. The number of nitrogens with zero attached hydrogens (tertiary/aromatic N) is 3. The second-order valence-electron chi connectivity index (χ2n) is 4.17. The molecule has 0 aliphatic carbocycles. The lowest BCUT2D eigenvalue weighted by Gasteiger charge is -2.15. The Bertz CT molecular complexity index is 571. The van der Waals surface area contributed by atoms with Gasteiger partial charge in [0.2, 0.25) is 0 Å². The summed E-state index contributed by atoms with van der Waals surface area (Å²) in [5.74, 6) is -0.916. The monoisotopic (exact) mass is 297 g/mol. The average Bonchev–Trinajstić information content (AvgIpc) is 2.75. The van der Waals surface area contributed by atoms with Gasteiger partial charge in [-0.1, -0.05) is 28.2 Å². The number of halogens is 1. The maximum Gasteiger partial charge on any atom is 0.335 e. The first-order valence-electron chi connectivity index (χ1n) is 5.54. The van der Waals surface area contributed by atoms with Crippen molar-refractivity contribution in [3.63, 3.8) is 0 Å². The van der Waals surface area contributed by atoms with Gasteiger partial charge in [-0.15, -0.1) is 5.10 Å². The molecular formula is C12H12ClN3O2S. The van der Waals surface area contributed by atoms with Crippen molar-refractivity contribution in [1.82, 2.24) is 14.5 Å². The summed E-state index contributed by atoms with van der Waals surface area (Å²) in [6.45, 7) is 1.30. The molecule has 0 saturated carbocycles. The lowest BCUT2D eigenvalue weighted by Crippen LogP contribution is -2.17. The minimum atomic E-state index is -0.916. The molecule has 100 valence electrons. The smallest absolute Gasteiger partial charge is 0.335 e. The Kier molecular flexibility index (Phi) is 4.47. The second-order valence-corrected chi connectivity index (χ2v) is 5.52. The van der Waals surface area contributed by atoms with Crippen LogP contribution in [-0.2, 0) is 13.1 Å². The SMILES string of the molecule is CN(Cc1ccc(C(=O)O)cc1)Cc1nnsc1Cl. The van der Waals surface area contributed by atoms with Crippen molar-refractivity contribution >= 4 is 29.1 Å². The topological polar surface area (TPSA) is 66.3 Å². The summed E-state index contributed by atoms with van der Waals surface area (Å²) in [7, 11) is 1.95. The molecule has 0 amide bonds. The summed E-state index contributed by atoms with van der Waals surface area (Å²) in [6, 6.07) is 6.81. The van der Waals surface area contributed by atoms with E-state index in [0.717, 1.165) is 11.3 Å². The lowest BCUT2D eigenvalue weighted by molar-refractivity contribution is 0.0697. The Morgan fingerprint density at radius 3 is 2.58 bits per heavy atom. The minimum absolute atomic E-state index is 0.290. The third-order valence-electron chi connectivity index (χ3n) is 2.58. The van der Waals surface area contributed by atoms with E-state index in [1.807, 2.05) is 11.9 Å². The van der Waals surface area contributed by atoms with E-state index < -0.39 is 5.97 Å². The first-order chi connectivity index (χ1) is 9.06. The fraction of sp³-hybridized carbons (Fsp3) is 0.250. The van der Waals surface area contributed by atoms with Gasteiger partial charge in [0.05, 0.1) is 5.56 Å². The van der Waals surface area contributed by atoms with Crippen LogP contribution in [0.25, 0.3) is 0 Å². The molecule has 0 atom stereocenters. The highest BCUT2D eigenvalue weighted by Crippen LogP contribution is 2.19. The van der Waals surface area contributed by atoms with Gasteiger partial charge in [0.25, 0.3) is 0 Å². The summed E-state index contributed by atoms with van der Waals surface area (Å²) in [6.07, 6.45) is 0. The summed E-state index contributed by atoms with van der Waals surface area (Å²) >= 11 is 7.11. The quantitative estimate of drug-likeness (QED) is 0.918. The molecular weight excluding hydrogens is 286 g/mol. The van der Waals surface area contributed by atoms with Crippen molar-refractivity contribution in [3.8, 4) is 0 Å². The van der Waals surface area contributed by atoms with E-state index in [1.165, 1.54) is 11.5 Å². The number of aromatic carboxylic acids is 1. The van der Waals surface area contributed by atoms with E-state index in [1.54, 1.807) is 24.3 Å². The molecule has 5 nitrogen and oxygen atoms in total. The molecule has 0 saturated heterocycles. The van der Waals surface area contributed by atoms with Crippen LogP contribution in [0.4, 0.5) is 0 Å². The summed E-state index contributed by atoms with van der Waals surface area (Å²) in [5.41, 5.74) is 2.08. The first kappa shape index (κ1) is 13.9. The second kappa shape index (κ2) is 6.10. The van der Waals surface area contributed by atoms with Crippen molar-refractivity contribution in [2.75, 3.05) is 7.05 Å². The number of hydrogen-bond donors (Lipinski definition) is 1. The van der Waals surface area contributed by atoms with Crippen molar-refractivity contribution in [2.24, 2.45) is 0 Å². The first-order valence-corrected chi connectivity index (χ1v) is 6.69. The number of carbonyl (C=O) groups is 1. The largest absolute Gasteiger partial charge is 0.478 e. The van der Waals surface area contributed by atoms with Crippen molar-refractivity contribution in [1.29, 1.82) is 0 Å². The van der Waals surface area contributed by atoms with Gasteiger partial charge in [-0.2, -0.15) is 0 Å². The summed E-state index contributed by atoms with van der Waals surface area (Å²) < 4.78 is 4.39. The zero-order chi connectivity index (χ0) is 13.8. The van der Waals surface area contributed by atoms with Gasteiger partial charge in [-0.25, -0.2) is 4.79 Å². The van der Waals surface area contributed by atoms with Crippen LogP contribution >= 0.6 is 23.1 Å². The third-order valence-corrected chi connectivity index (χ3v) is 3.57. The van der Waals surface area contributed by atoms with E-state index in [-0.39, 0.29) is 5.56 Å². The predicted molar refractivity (Wildman–Crippen MR) is 73.5 cm³/mol. The van der Waals surface area contributed by atoms with E-state index in [2.05, 4.69) is 9.59 Å². The summed E-state index contributed by atoms with van der Waals surface area (Å²) in [5, 5.41) is 12.8. The molecule has 0 aliphatic heterocycles. The molecule has 1 heterocycles. The molecule has 0 unspecified atom stereocenters. The van der Waals surface area contributed by atoms with Crippen LogP contribution in [0.15, 0.2) is 24.3 Å². The molecule has 0 bridgehead atoms. The molecule has 0 aliphatic rings. The van der Waals surface area contributed by atoms with Gasteiger partial charge in [0.1, 0.15) is 10.0 Å². The molecule has 7 heteroatoms. The number of aromatic nitrogens is 2. The molecule has 19 heavy (non-hydrogen) atoms. The Hall–Kier alpha value is -1.50. The average molecular weight is 298 g/mol. The number of benzene rings is 1. The molecule has 1 aromatic heterocycles. The highest BCUT2D eigenvalue weighted by Gasteiger charge is 2.09. The van der Waals surface area contributed by atoms with Gasteiger partial charge in [-0.05, 0) is 24.7 Å². The van der Waals surface area contributed by atoms with E-state index in [4.69, 9.17) is 16.7 Å². The fourth-order valence-corrected chi connectivity index (χ4v) is 2.28. The van der Waals surface area contributed by atoms with E-state index in [0.29, 0.717) is 17.4 Å². The van der Waals surface area contributed by atoms with Crippen LogP contribution in [-0.4, -0.2) is 32.6 Å². The van der Waals surface area contributed by atoms with Crippen LogP contribution < -0.4 is 0 Å². The molecule has 1 N–H and O–H groups in total. The van der Waals surface area contributed by atoms with Crippen LogP contribution in [0.5, 0.6) is 0 Å². The van der Waals surface area contributed by atoms with E-state index >= 15 is 0 Å². The maximum atomic E-state index is 10.7. The van der Waals surface area contributed by atoms with Gasteiger partial charge < -0.3 is 5.11 Å². The number of hydrogen-bond acceptors (Lipinski definition) is 5. The van der Waals surface area contributed by atoms with E-state index in [9.17, 15) is 4.79 Å². The number of carboxylic acid groups (broad SMARTS) is 1. The molecule has 0 fully saturated rings. The molecule has 1 aromatic carbocycles. The third kappa shape index (κ3) is 3.73. The molecule has 0 radical (unpaired) electrons. The van der Waals surface area contributed by atoms with Crippen LogP contribution in [0.2, 0.25) is 4.34 Å². The van der Waals surface area contributed by atoms with Gasteiger partial charge in [0.15, 0.2) is 0 Å². The fourth-order valence-electron chi connectivity index (χ4n) is 1.67. The van der Waals surface area contributed by atoms with Gasteiger partial charge >= 0.3 is 5.97 Å². The normalized spacial score (nSPS) is 10.9. The number of rotatable bonds is 5.